The molecule has 2 aromatic rings. The van der Waals surface area contributed by atoms with Gasteiger partial charge in [0.25, 0.3) is 0 Å². The van der Waals surface area contributed by atoms with Crippen molar-refractivity contribution < 1.29 is 9.59 Å². The van der Waals surface area contributed by atoms with Gasteiger partial charge < -0.3 is 5.32 Å². The summed E-state index contributed by atoms with van der Waals surface area (Å²) in [7, 11) is 0. The molecule has 21 heavy (non-hydrogen) atoms. The molecular weight excluding hydrogens is 264 g/mol. The van der Waals surface area contributed by atoms with Crippen LogP contribution in [0.1, 0.15) is 27.9 Å². The average molecular weight is 280 g/mol. The molecule has 1 aromatic heterocycles. The smallest absolute Gasteiger partial charge is 0.224 e. The Labute approximate surface area is 123 Å². The normalized spacial score (nSPS) is 17.1. The van der Waals surface area contributed by atoms with Crippen molar-refractivity contribution >= 4 is 11.7 Å². The van der Waals surface area contributed by atoms with Gasteiger partial charge in [0.1, 0.15) is 0 Å². The number of pyridine rings is 1. The van der Waals surface area contributed by atoms with Crippen molar-refractivity contribution in [3.05, 3.63) is 65.5 Å². The number of nitrogens with one attached hydrogen (secondary N) is 1. The quantitative estimate of drug-likeness (QED) is 0.937. The lowest BCUT2D eigenvalue weighted by Crippen LogP contribution is -2.35. The van der Waals surface area contributed by atoms with E-state index in [1.165, 1.54) is 0 Å². The minimum atomic E-state index is -0.269. The lowest BCUT2D eigenvalue weighted by atomic mass is 9.82. The van der Waals surface area contributed by atoms with Crippen molar-refractivity contribution in [3.8, 4) is 0 Å². The van der Waals surface area contributed by atoms with Crippen LogP contribution in [-0.4, -0.2) is 16.7 Å². The van der Waals surface area contributed by atoms with E-state index in [9.17, 15) is 9.59 Å². The predicted octanol–water partition coefficient (Wildman–Crippen LogP) is 2.14. The molecule has 1 heterocycles. The van der Waals surface area contributed by atoms with E-state index in [4.69, 9.17) is 0 Å². The SMILES string of the molecule is O=C1CC(C(=O)NCc2ccncc2)Cc2ccccc21. The Balaban J connectivity index is 1.65. The van der Waals surface area contributed by atoms with Crippen LogP contribution in [0.25, 0.3) is 0 Å². The molecule has 1 N–H and O–H groups in total. The lowest BCUT2D eigenvalue weighted by molar-refractivity contribution is -0.125. The zero-order valence-electron chi connectivity index (χ0n) is 11.6. The molecule has 0 fully saturated rings. The number of amides is 1. The van der Waals surface area contributed by atoms with Crippen LogP contribution in [0.4, 0.5) is 0 Å². The molecule has 1 aromatic carbocycles. The number of rotatable bonds is 3. The summed E-state index contributed by atoms with van der Waals surface area (Å²) in [6.45, 7) is 0.466. The number of benzene rings is 1. The number of hydrogen-bond acceptors (Lipinski definition) is 3. The van der Waals surface area contributed by atoms with Crippen LogP contribution in [0, 0.1) is 5.92 Å². The molecule has 4 nitrogen and oxygen atoms in total. The molecular formula is C17H16N2O2. The zero-order chi connectivity index (χ0) is 14.7. The van der Waals surface area contributed by atoms with Gasteiger partial charge in [0.15, 0.2) is 5.78 Å². The molecule has 0 spiro atoms. The summed E-state index contributed by atoms with van der Waals surface area (Å²) in [5.41, 5.74) is 2.73. The van der Waals surface area contributed by atoms with Gasteiger partial charge in [0, 0.05) is 36.8 Å². The van der Waals surface area contributed by atoms with Gasteiger partial charge in [0.05, 0.1) is 0 Å². The Morgan fingerprint density at radius 1 is 1.14 bits per heavy atom. The van der Waals surface area contributed by atoms with E-state index < -0.39 is 0 Å². The first-order chi connectivity index (χ1) is 10.2. The third-order valence-corrected chi connectivity index (χ3v) is 3.80. The van der Waals surface area contributed by atoms with E-state index in [0.717, 1.165) is 16.7 Å². The second kappa shape index (κ2) is 5.87. The highest BCUT2D eigenvalue weighted by molar-refractivity contribution is 6.01. The summed E-state index contributed by atoms with van der Waals surface area (Å²) in [6.07, 6.45) is 4.31. The van der Waals surface area contributed by atoms with Crippen LogP contribution >= 0.6 is 0 Å². The predicted molar refractivity (Wildman–Crippen MR) is 78.7 cm³/mol. The third-order valence-electron chi connectivity index (χ3n) is 3.80. The third kappa shape index (κ3) is 2.99. The highest BCUT2D eigenvalue weighted by atomic mass is 16.2. The molecule has 106 valence electrons. The molecule has 0 saturated carbocycles. The fourth-order valence-electron chi connectivity index (χ4n) is 2.66. The molecule has 0 saturated heterocycles. The number of nitrogens with zero attached hydrogens (tertiary/aromatic N) is 1. The first-order valence-corrected chi connectivity index (χ1v) is 7.02. The molecule has 1 amide bonds. The summed E-state index contributed by atoms with van der Waals surface area (Å²) in [6, 6.07) is 11.3. The number of fused-ring (bicyclic) bond motifs is 1. The fraction of sp³-hybridized carbons (Fsp3) is 0.235. The maximum absolute atomic E-state index is 12.2. The monoisotopic (exact) mass is 280 g/mol. The summed E-state index contributed by atoms with van der Waals surface area (Å²) in [5, 5.41) is 2.90. The fourth-order valence-corrected chi connectivity index (χ4v) is 2.66. The van der Waals surface area contributed by atoms with Gasteiger partial charge in [-0.05, 0) is 29.7 Å². The Kier molecular flexibility index (Phi) is 3.77. The summed E-state index contributed by atoms with van der Waals surface area (Å²) < 4.78 is 0. The zero-order valence-corrected chi connectivity index (χ0v) is 11.6. The maximum Gasteiger partial charge on any atom is 0.224 e. The van der Waals surface area contributed by atoms with Gasteiger partial charge in [-0.25, -0.2) is 0 Å². The highest BCUT2D eigenvalue weighted by Gasteiger charge is 2.29. The average Bonchev–Trinajstić information content (AvgIpc) is 2.53. The van der Waals surface area contributed by atoms with Crippen LogP contribution in [-0.2, 0) is 17.8 Å². The number of carbonyl (C=O) groups is 2. The molecule has 0 aliphatic heterocycles. The second-order valence-electron chi connectivity index (χ2n) is 5.26. The first-order valence-electron chi connectivity index (χ1n) is 7.02. The number of hydrogen-bond donors (Lipinski definition) is 1. The van der Waals surface area contributed by atoms with Crippen molar-refractivity contribution in [1.29, 1.82) is 0 Å². The number of carbonyl (C=O) groups excluding carboxylic acids is 2. The molecule has 0 radical (unpaired) electrons. The molecule has 4 heteroatoms. The Morgan fingerprint density at radius 2 is 1.90 bits per heavy atom. The van der Waals surface area contributed by atoms with Crippen molar-refractivity contribution in [1.82, 2.24) is 10.3 Å². The molecule has 1 aliphatic rings. The Morgan fingerprint density at radius 3 is 2.71 bits per heavy atom. The maximum atomic E-state index is 12.2. The van der Waals surface area contributed by atoms with Gasteiger partial charge in [-0.3, -0.25) is 14.6 Å². The number of ketones is 1. The van der Waals surface area contributed by atoms with E-state index in [-0.39, 0.29) is 17.6 Å². The minimum Gasteiger partial charge on any atom is -0.352 e. The standard InChI is InChI=1S/C17H16N2O2/c20-16-10-14(9-13-3-1-2-4-15(13)16)17(21)19-11-12-5-7-18-8-6-12/h1-8,14H,9-11H2,(H,19,21). The molecule has 3 rings (SSSR count). The van der Waals surface area contributed by atoms with Crippen molar-refractivity contribution in [2.45, 2.75) is 19.4 Å². The molecule has 1 unspecified atom stereocenters. The van der Waals surface area contributed by atoms with Crippen LogP contribution in [0.5, 0.6) is 0 Å². The number of Topliss-reactive ketones (excluding diaryl/α,β-unsaturated/α-hetero) is 1. The van der Waals surface area contributed by atoms with Crippen LogP contribution in [0.3, 0.4) is 0 Å². The van der Waals surface area contributed by atoms with Gasteiger partial charge in [0.2, 0.25) is 5.91 Å². The highest BCUT2D eigenvalue weighted by Crippen LogP contribution is 2.25. The van der Waals surface area contributed by atoms with E-state index in [2.05, 4.69) is 10.3 Å². The molecule has 1 aliphatic carbocycles. The topological polar surface area (TPSA) is 59.1 Å². The van der Waals surface area contributed by atoms with Crippen LogP contribution in [0.2, 0.25) is 0 Å². The van der Waals surface area contributed by atoms with E-state index in [1.54, 1.807) is 12.4 Å². The van der Waals surface area contributed by atoms with Gasteiger partial charge in [-0.2, -0.15) is 0 Å². The van der Waals surface area contributed by atoms with Crippen LogP contribution in [0.15, 0.2) is 48.8 Å². The molecule has 0 bridgehead atoms. The van der Waals surface area contributed by atoms with E-state index in [1.807, 2.05) is 36.4 Å². The number of aromatic nitrogens is 1. The van der Waals surface area contributed by atoms with Crippen molar-refractivity contribution in [2.24, 2.45) is 5.92 Å². The minimum absolute atomic E-state index is 0.0564. The Bertz CT molecular complexity index is 668. The van der Waals surface area contributed by atoms with Gasteiger partial charge in [-0.15, -0.1) is 0 Å². The van der Waals surface area contributed by atoms with Gasteiger partial charge in [-0.1, -0.05) is 24.3 Å². The lowest BCUT2D eigenvalue weighted by Gasteiger charge is -2.22. The second-order valence-corrected chi connectivity index (χ2v) is 5.26. The van der Waals surface area contributed by atoms with Crippen molar-refractivity contribution in [2.75, 3.05) is 0 Å². The van der Waals surface area contributed by atoms with Crippen LogP contribution < -0.4 is 5.32 Å². The Hall–Kier alpha value is -2.49. The summed E-state index contributed by atoms with van der Waals surface area (Å²) in [4.78, 5) is 28.3. The van der Waals surface area contributed by atoms with Crippen molar-refractivity contribution in [3.63, 3.8) is 0 Å². The summed E-state index contributed by atoms with van der Waals surface area (Å²) >= 11 is 0. The molecule has 1 atom stereocenters. The first kappa shape index (κ1) is 13.5. The summed E-state index contributed by atoms with van der Waals surface area (Å²) in [5.74, 6) is -0.273. The van der Waals surface area contributed by atoms with E-state index >= 15 is 0 Å². The van der Waals surface area contributed by atoms with Gasteiger partial charge >= 0.3 is 0 Å². The largest absolute Gasteiger partial charge is 0.352 e. The van der Waals surface area contributed by atoms with E-state index in [0.29, 0.717) is 19.4 Å².